The Hall–Kier alpha value is -1.35. The average molecular weight is 205 g/mol. The van der Waals surface area contributed by atoms with E-state index < -0.39 is 0 Å². The molecule has 1 aromatic carbocycles. The van der Waals surface area contributed by atoms with Crippen molar-refractivity contribution in [3.8, 4) is 0 Å². The first-order valence-electron chi connectivity index (χ1n) is 5.37. The summed E-state index contributed by atoms with van der Waals surface area (Å²) in [6, 6.07) is 8.43. The molecular weight excluding hydrogens is 188 g/mol. The maximum atomic E-state index is 5.35. The Morgan fingerprint density at radius 1 is 1.40 bits per heavy atom. The van der Waals surface area contributed by atoms with Gasteiger partial charge in [0, 0.05) is 6.42 Å². The Kier molecular flexibility index (Phi) is 3.02. The van der Waals surface area contributed by atoms with Gasteiger partial charge in [-0.05, 0) is 12.5 Å². The fourth-order valence-electron chi connectivity index (χ4n) is 1.73. The molecule has 0 saturated carbocycles. The molecule has 0 bridgehead atoms. The maximum absolute atomic E-state index is 5.35. The Morgan fingerprint density at radius 3 is 2.80 bits per heavy atom. The van der Waals surface area contributed by atoms with Gasteiger partial charge in [0.15, 0.2) is 6.10 Å². The van der Waals surface area contributed by atoms with Gasteiger partial charge in [0.1, 0.15) is 6.54 Å². The normalized spacial score (nSPS) is 19.9. The molecule has 1 aromatic rings. The third-order valence-electron chi connectivity index (χ3n) is 2.62. The van der Waals surface area contributed by atoms with Gasteiger partial charge in [-0.1, -0.05) is 35.0 Å². The van der Waals surface area contributed by atoms with Crippen LogP contribution in [0.2, 0.25) is 0 Å². The van der Waals surface area contributed by atoms with E-state index in [1.807, 2.05) is 7.05 Å². The number of rotatable bonds is 3. The molecule has 0 aromatic heterocycles. The number of hydrogen-bond acceptors (Lipinski definition) is 2. The summed E-state index contributed by atoms with van der Waals surface area (Å²) < 4.78 is 0. The van der Waals surface area contributed by atoms with Gasteiger partial charge in [0.25, 0.3) is 0 Å². The van der Waals surface area contributed by atoms with Gasteiger partial charge < -0.3 is 10.2 Å². The molecule has 0 unspecified atom stereocenters. The Balaban J connectivity index is 2.04. The van der Waals surface area contributed by atoms with Crippen molar-refractivity contribution in [3.63, 3.8) is 0 Å². The van der Waals surface area contributed by atoms with Crippen LogP contribution in [0, 0.1) is 6.92 Å². The van der Waals surface area contributed by atoms with Crippen molar-refractivity contribution in [1.29, 1.82) is 0 Å². The van der Waals surface area contributed by atoms with E-state index in [-0.39, 0.29) is 6.10 Å². The van der Waals surface area contributed by atoms with Gasteiger partial charge in [-0.25, -0.2) is 0 Å². The van der Waals surface area contributed by atoms with Crippen LogP contribution in [-0.2, 0) is 4.84 Å². The van der Waals surface area contributed by atoms with Crippen LogP contribution in [-0.4, -0.2) is 25.4 Å². The number of aryl methyl sites for hydroxylation is 1. The molecule has 0 aliphatic carbocycles. The lowest BCUT2D eigenvalue weighted by molar-refractivity contribution is -0.633. The predicted octanol–water partition coefficient (Wildman–Crippen LogP) is 0.681. The highest BCUT2D eigenvalue weighted by Crippen LogP contribution is 2.15. The van der Waals surface area contributed by atoms with Crippen molar-refractivity contribution in [2.75, 3.05) is 13.6 Å². The molecule has 1 aliphatic rings. The summed E-state index contributed by atoms with van der Waals surface area (Å²) in [5.41, 5.74) is 3.53. The standard InChI is InChI=1S/C12H16N2O/c1-9-3-5-10(6-4-9)12-7-11(8-13-2)15-14-12/h3-6,11,13H,7-8H2,1-2H3/p+1/t11-/m0/s1. The molecule has 0 amide bonds. The van der Waals surface area contributed by atoms with E-state index in [4.69, 9.17) is 4.84 Å². The van der Waals surface area contributed by atoms with Crippen LogP contribution in [0.4, 0.5) is 0 Å². The third kappa shape index (κ3) is 2.36. The summed E-state index contributed by atoms with van der Waals surface area (Å²) in [5, 5.41) is 6.26. The van der Waals surface area contributed by atoms with Crippen LogP contribution in [0.5, 0.6) is 0 Å². The fraction of sp³-hybridized carbons (Fsp3) is 0.417. The molecule has 2 N–H and O–H groups in total. The van der Waals surface area contributed by atoms with Crippen molar-refractivity contribution in [2.45, 2.75) is 19.4 Å². The number of oxime groups is 1. The molecule has 15 heavy (non-hydrogen) atoms. The number of benzene rings is 1. The lowest BCUT2D eigenvalue weighted by Crippen LogP contribution is -2.82. The number of nitrogens with two attached hydrogens (primary N) is 1. The molecule has 2 rings (SSSR count). The minimum Gasteiger partial charge on any atom is -0.386 e. The van der Waals surface area contributed by atoms with E-state index in [1.165, 1.54) is 11.1 Å². The van der Waals surface area contributed by atoms with Crippen LogP contribution < -0.4 is 5.32 Å². The zero-order valence-corrected chi connectivity index (χ0v) is 9.23. The summed E-state index contributed by atoms with van der Waals surface area (Å²) in [6.45, 7) is 3.06. The van der Waals surface area contributed by atoms with Crippen molar-refractivity contribution >= 4 is 5.71 Å². The largest absolute Gasteiger partial charge is 0.386 e. The number of nitrogens with zero attached hydrogens (tertiary/aromatic N) is 1. The summed E-state index contributed by atoms with van der Waals surface area (Å²) in [6.07, 6.45) is 1.17. The Morgan fingerprint density at radius 2 is 2.13 bits per heavy atom. The zero-order valence-electron chi connectivity index (χ0n) is 9.23. The summed E-state index contributed by atoms with van der Waals surface area (Å²) in [5.74, 6) is 0. The first-order valence-corrected chi connectivity index (χ1v) is 5.37. The van der Waals surface area contributed by atoms with E-state index in [1.54, 1.807) is 0 Å². The maximum Gasteiger partial charge on any atom is 0.181 e. The van der Waals surface area contributed by atoms with E-state index in [9.17, 15) is 0 Å². The first kappa shape index (κ1) is 10.2. The monoisotopic (exact) mass is 205 g/mol. The van der Waals surface area contributed by atoms with E-state index >= 15 is 0 Å². The quantitative estimate of drug-likeness (QED) is 0.774. The average Bonchev–Trinajstić information content (AvgIpc) is 2.68. The van der Waals surface area contributed by atoms with E-state index in [0.717, 1.165) is 18.7 Å². The molecule has 3 heteroatoms. The SMILES string of the molecule is C[NH2+]C[C@@H]1CC(c2ccc(C)cc2)=NO1. The molecule has 0 spiro atoms. The molecule has 0 radical (unpaired) electrons. The van der Waals surface area contributed by atoms with Gasteiger partial charge in [0.2, 0.25) is 0 Å². The van der Waals surface area contributed by atoms with Crippen LogP contribution in [0.15, 0.2) is 29.4 Å². The smallest absolute Gasteiger partial charge is 0.181 e. The van der Waals surface area contributed by atoms with Crippen LogP contribution in [0.25, 0.3) is 0 Å². The van der Waals surface area contributed by atoms with E-state index in [0.29, 0.717) is 0 Å². The summed E-state index contributed by atoms with van der Waals surface area (Å²) >= 11 is 0. The van der Waals surface area contributed by atoms with Gasteiger partial charge in [-0.3, -0.25) is 0 Å². The van der Waals surface area contributed by atoms with Crippen molar-refractivity contribution in [1.82, 2.24) is 0 Å². The minimum atomic E-state index is 0.242. The third-order valence-corrected chi connectivity index (χ3v) is 2.62. The lowest BCUT2D eigenvalue weighted by Gasteiger charge is -2.03. The van der Waals surface area contributed by atoms with Gasteiger partial charge in [-0.15, -0.1) is 0 Å². The molecular formula is C12H17N2O+. The van der Waals surface area contributed by atoms with E-state index in [2.05, 4.69) is 41.7 Å². The summed E-state index contributed by atoms with van der Waals surface area (Å²) in [7, 11) is 2.05. The van der Waals surface area contributed by atoms with Crippen molar-refractivity contribution in [3.05, 3.63) is 35.4 Å². The number of hydrogen-bond donors (Lipinski definition) is 1. The Labute approximate surface area is 90.1 Å². The minimum absolute atomic E-state index is 0.242. The molecule has 1 heterocycles. The highest BCUT2D eigenvalue weighted by atomic mass is 16.6. The van der Waals surface area contributed by atoms with Gasteiger partial charge >= 0.3 is 0 Å². The number of quaternary nitrogens is 1. The second-order valence-corrected chi connectivity index (χ2v) is 3.98. The van der Waals surface area contributed by atoms with Crippen molar-refractivity contribution in [2.24, 2.45) is 5.16 Å². The summed E-state index contributed by atoms with van der Waals surface area (Å²) in [4.78, 5) is 5.35. The molecule has 80 valence electrons. The fourth-order valence-corrected chi connectivity index (χ4v) is 1.73. The highest BCUT2D eigenvalue weighted by Gasteiger charge is 2.22. The predicted molar refractivity (Wildman–Crippen MR) is 59.9 cm³/mol. The second kappa shape index (κ2) is 4.45. The number of likely N-dealkylation sites (N-methyl/N-ethyl adjacent to an activating group) is 1. The van der Waals surface area contributed by atoms with Gasteiger partial charge in [0.05, 0.1) is 12.8 Å². The molecule has 0 fully saturated rings. The lowest BCUT2D eigenvalue weighted by atomic mass is 10.0. The molecule has 0 saturated heterocycles. The van der Waals surface area contributed by atoms with Crippen LogP contribution >= 0.6 is 0 Å². The van der Waals surface area contributed by atoms with Crippen LogP contribution in [0.3, 0.4) is 0 Å². The molecule has 1 aliphatic heterocycles. The van der Waals surface area contributed by atoms with Crippen LogP contribution in [0.1, 0.15) is 17.5 Å². The Bertz CT molecular complexity index is 356. The molecule has 1 atom stereocenters. The zero-order chi connectivity index (χ0) is 10.7. The van der Waals surface area contributed by atoms with Crippen molar-refractivity contribution < 1.29 is 10.2 Å². The molecule has 3 nitrogen and oxygen atoms in total. The highest BCUT2D eigenvalue weighted by molar-refractivity contribution is 6.01. The van der Waals surface area contributed by atoms with Gasteiger partial charge in [-0.2, -0.15) is 0 Å². The first-order chi connectivity index (χ1) is 7.29. The topological polar surface area (TPSA) is 38.2 Å². The second-order valence-electron chi connectivity index (χ2n) is 3.98.